The number of carboxylic acid groups (broad SMARTS) is 1. The topological polar surface area (TPSA) is 77.8 Å². The number of aliphatic carboxylic acids is 1. The van der Waals surface area contributed by atoms with Gasteiger partial charge in [-0.15, -0.1) is 0 Å². The maximum absolute atomic E-state index is 13.5. The molecule has 174 valence electrons. The molecule has 30 heavy (non-hydrogen) atoms. The smallest absolute Gasteiger partial charge is 0.412 e. The highest BCUT2D eigenvalue weighted by molar-refractivity contribution is 5.66. The number of carboxylic acids is 1. The Bertz CT molecular complexity index is 583. The summed E-state index contributed by atoms with van der Waals surface area (Å²) in [6.07, 6.45) is 2.61. The molecule has 1 rings (SSSR count). The van der Waals surface area contributed by atoms with Gasteiger partial charge in [0.05, 0.1) is 12.2 Å². The van der Waals surface area contributed by atoms with Gasteiger partial charge in [-0.3, -0.25) is 4.79 Å². The lowest BCUT2D eigenvalue weighted by Crippen LogP contribution is -2.16. The minimum absolute atomic E-state index is 0.0646. The zero-order valence-corrected chi connectivity index (χ0v) is 18.1. The average molecular weight is 435 g/mol. The van der Waals surface area contributed by atoms with Gasteiger partial charge in [-0.1, -0.05) is 63.7 Å². The molecular formula is C23H37F3O4. The normalized spacial score (nSPS) is 22.1. The number of unbranched alkanes of at least 4 members (excludes halogenated alkanes) is 4. The SMILES string of the molecule is CCCC[C@@H](C)C[C@H](O)/C=C/[C@@H]1C(CCCCCCC(=O)O)=C(C(F)(F)F)C[C@H]1O. The van der Waals surface area contributed by atoms with E-state index in [-0.39, 0.29) is 18.4 Å². The standard InChI is InChI=1S/C23H37F3O4/c1-3-4-9-16(2)14-17(27)12-13-19-18(10-7-5-6-8-11-22(29)30)20(15-21(19)28)23(24,25)26/h12-13,16-17,19,21,27-28H,3-11,14-15H2,1-2H3,(H,29,30)/b13-12+/t16-,17-,19-,21-/m1/s1. The molecule has 0 aromatic carbocycles. The highest BCUT2D eigenvalue weighted by atomic mass is 19.4. The Hall–Kier alpha value is -1.34. The van der Waals surface area contributed by atoms with E-state index in [0.717, 1.165) is 19.3 Å². The molecule has 0 amide bonds. The Kier molecular flexibility index (Phi) is 11.7. The molecule has 0 aromatic rings. The number of aliphatic hydroxyl groups excluding tert-OH is 2. The summed E-state index contributed by atoms with van der Waals surface area (Å²) in [5.41, 5.74) is -0.447. The summed E-state index contributed by atoms with van der Waals surface area (Å²) in [4.78, 5) is 10.5. The molecule has 7 heteroatoms. The van der Waals surface area contributed by atoms with Crippen LogP contribution in [0.25, 0.3) is 0 Å². The van der Waals surface area contributed by atoms with E-state index in [0.29, 0.717) is 38.0 Å². The Morgan fingerprint density at radius 1 is 1.20 bits per heavy atom. The van der Waals surface area contributed by atoms with Gasteiger partial charge in [0.1, 0.15) is 0 Å². The Labute approximate surface area is 177 Å². The van der Waals surface area contributed by atoms with Gasteiger partial charge in [0.25, 0.3) is 0 Å². The minimum atomic E-state index is -4.48. The zero-order valence-electron chi connectivity index (χ0n) is 18.1. The molecule has 0 spiro atoms. The van der Waals surface area contributed by atoms with E-state index in [1.165, 1.54) is 6.08 Å². The summed E-state index contributed by atoms with van der Waals surface area (Å²) in [7, 11) is 0. The maximum Gasteiger partial charge on any atom is 0.412 e. The fraction of sp³-hybridized carbons (Fsp3) is 0.783. The van der Waals surface area contributed by atoms with Crippen LogP contribution in [0.1, 0.15) is 84.5 Å². The van der Waals surface area contributed by atoms with Crippen molar-refractivity contribution in [3.05, 3.63) is 23.3 Å². The molecule has 4 atom stereocenters. The van der Waals surface area contributed by atoms with Crippen LogP contribution in [0, 0.1) is 11.8 Å². The number of halogens is 3. The van der Waals surface area contributed by atoms with Crippen LogP contribution in [0.15, 0.2) is 23.3 Å². The minimum Gasteiger partial charge on any atom is -0.481 e. The maximum atomic E-state index is 13.5. The Morgan fingerprint density at radius 2 is 1.87 bits per heavy atom. The number of aliphatic hydroxyl groups is 2. The third kappa shape index (κ3) is 9.65. The summed E-state index contributed by atoms with van der Waals surface area (Å²) >= 11 is 0. The van der Waals surface area contributed by atoms with Gasteiger partial charge in [0.2, 0.25) is 0 Å². The first-order chi connectivity index (χ1) is 14.1. The largest absolute Gasteiger partial charge is 0.481 e. The van der Waals surface area contributed by atoms with Crippen LogP contribution in [-0.4, -0.2) is 39.7 Å². The van der Waals surface area contributed by atoms with Gasteiger partial charge in [-0.25, -0.2) is 0 Å². The van der Waals surface area contributed by atoms with E-state index < -0.39 is 42.3 Å². The van der Waals surface area contributed by atoms with Crippen molar-refractivity contribution >= 4 is 5.97 Å². The van der Waals surface area contributed by atoms with E-state index >= 15 is 0 Å². The quantitative estimate of drug-likeness (QED) is 0.239. The fourth-order valence-corrected chi connectivity index (χ4v) is 4.11. The lowest BCUT2D eigenvalue weighted by atomic mass is 9.91. The lowest BCUT2D eigenvalue weighted by Gasteiger charge is -2.18. The van der Waals surface area contributed by atoms with Crippen LogP contribution in [0.5, 0.6) is 0 Å². The number of carbonyl (C=O) groups is 1. The molecule has 0 aromatic heterocycles. The van der Waals surface area contributed by atoms with Crippen molar-refractivity contribution in [2.45, 2.75) is 103 Å². The van der Waals surface area contributed by atoms with Gasteiger partial charge in [-0.05, 0) is 31.6 Å². The second-order valence-corrected chi connectivity index (χ2v) is 8.54. The Balaban J connectivity index is 2.73. The van der Waals surface area contributed by atoms with Crippen molar-refractivity contribution in [2.75, 3.05) is 0 Å². The van der Waals surface area contributed by atoms with E-state index in [1.807, 2.05) is 0 Å². The third-order valence-electron chi connectivity index (χ3n) is 5.78. The molecular weight excluding hydrogens is 397 g/mol. The van der Waals surface area contributed by atoms with Crippen LogP contribution < -0.4 is 0 Å². The van der Waals surface area contributed by atoms with Crippen LogP contribution in [0.3, 0.4) is 0 Å². The second-order valence-electron chi connectivity index (χ2n) is 8.54. The molecule has 0 unspecified atom stereocenters. The van der Waals surface area contributed by atoms with E-state index in [2.05, 4.69) is 13.8 Å². The molecule has 0 radical (unpaired) electrons. The first-order valence-electron chi connectivity index (χ1n) is 11.1. The first kappa shape index (κ1) is 26.7. The van der Waals surface area contributed by atoms with Gasteiger partial charge < -0.3 is 15.3 Å². The molecule has 0 saturated heterocycles. The molecule has 3 N–H and O–H groups in total. The molecule has 4 nitrogen and oxygen atoms in total. The molecule has 0 saturated carbocycles. The van der Waals surface area contributed by atoms with Crippen molar-refractivity contribution in [3.63, 3.8) is 0 Å². The fourth-order valence-electron chi connectivity index (χ4n) is 4.11. The number of hydrogen-bond acceptors (Lipinski definition) is 3. The number of rotatable bonds is 14. The van der Waals surface area contributed by atoms with Crippen molar-refractivity contribution < 1.29 is 33.3 Å². The van der Waals surface area contributed by atoms with Gasteiger partial charge in [0.15, 0.2) is 0 Å². The molecule has 0 heterocycles. The average Bonchev–Trinajstić information content (AvgIpc) is 2.96. The molecule has 1 aliphatic carbocycles. The zero-order chi connectivity index (χ0) is 22.7. The van der Waals surface area contributed by atoms with Crippen molar-refractivity contribution in [2.24, 2.45) is 11.8 Å². The van der Waals surface area contributed by atoms with Crippen LogP contribution in [0.4, 0.5) is 13.2 Å². The predicted octanol–water partition coefficient (Wildman–Crippen LogP) is 5.78. The van der Waals surface area contributed by atoms with E-state index in [1.54, 1.807) is 6.08 Å². The van der Waals surface area contributed by atoms with Crippen molar-refractivity contribution in [3.8, 4) is 0 Å². The van der Waals surface area contributed by atoms with Gasteiger partial charge >= 0.3 is 12.1 Å². The summed E-state index contributed by atoms with van der Waals surface area (Å²) in [5.74, 6) is -1.28. The van der Waals surface area contributed by atoms with Crippen LogP contribution >= 0.6 is 0 Å². The summed E-state index contributed by atoms with van der Waals surface area (Å²) in [6, 6.07) is 0. The Morgan fingerprint density at radius 3 is 2.47 bits per heavy atom. The summed E-state index contributed by atoms with van der Waals surface area (Å²) < 4.78 is 40.4. The van der Waals surface area contributed by atoms with Gasteiger partial charge in [-0.2, -0.15) is 13.2 Å². The van der Waals surface area contributed by atoms with E-state index in [4.69, 9.17) is 5.11 Å². The van der Waals surface area contributed by atoms with Crippen LogP contribution in [0.2, 0.25) is 0 Å². The third-order valence-corrected chi connectivity index (χ3v) is 5.78. The van der Waals surface area contributed by atoms with Crippen molar-refractivity contribution in [1.82, 2.24) is 0 Å². The van der Waals surface area contributed by atoms with Crippen molar-refractivity contribution in [1.29, 1.82) is 0 Å². The number of hydrogen-bond donors (Lipinski definition) is 3. The molecule has 0 aliphatic heterocycles. The first-order valence-corrected chi connectivity index (χ1v) is 11.1. The molecule has 0 fully saturated rings. The second kappa shape index (κ2) is 13.2. The highest BCUT2D eigenvalue weighted by Crippen LogP contribution is 2.44. The number of alkyl halides is 3. The summed E-state index contributed by atoms with van der Waals surface area (Å²) in [6.45, 7) is 4.15. The monoisotopic (exact) mass is 434 g/mol. The predicted molar refractivity (Wildman–Crippen MR) is 111 cm³/mol. The van der Waals surface area contributed by atoms with E-state index in [9.17, 15) is 28.2 Å². The van der Waals surface area contributed by atoms with Crippen LogP contribution in [-0.2, 0) is 4.79 Å². The highest BCUT2D eigenvalue weighted by Gasteiger charge is 2.44. The lowest BCUT2D eigenvalue weighted by molar-refractivity contribution is -0.137. The van der Waals surface area contributed by atoms with Gasteiger partial charge in [0, 0.05) is 24.3 Å². The molecule has 0 bridgehead atoms. The summed E-state index contributed by atoms with van der Waals surface area (Å²) in [5, 5.41) is 29.2. The molecule has 1 aliphatic rings.